The summed E-state index contributed by atoms with van der Waals surface area (Å²) in [5.41, 5.74) is 0.835. The molecule has 1 aromatic rings. The second kappa shape index (κ2) is 8.24. The molecule has 1 aliphatic heterocycles. The normalized spacial score (nSPS) is 17.6. The van der Waals surface area contributed by atoms with E-state index in [1.165, 1.54) is 6.07 Å². The van der Waals surface area contributed by atoms with Crippen molar-refractivity contribution in [2.45, 2.75) is 13.3 Å². The highest BCUT2D eigenvalue weighted by atomic mass is 32.2. The Bertz CT molecular complexity index is 644. The van der Waals surface area contributed by atoms with E-state index in [1.807, 2.05) is 6.92 Å². The Morgan fingerprint density at radius 1 is 1.29 bits per heavy atom. The van der Waals surface area contributed by atoms with Gasteiger partial charge in [0, 0.05) is 6.42 Å². The first kappa shape index (κ1) is 19.1. The molecule has 2 rings (SSSR count). The molecule has 1 fully saturated rings. The molecule has 8 heteroatoms. The highest BCUT2D eigenvalue weighted by molar-refractivity contribution is 7.85. The highest BCUT2D eigenvalue weighted by Crippen LogP contribution is 2.19. The third-order valence-corrected chi connectivity index (χ3v) is 5.17. The fourth-order valence-electron chi connectivity index (χ4n) is 2.94. The van der Waals surface area contributed by atoms with Crippen LogP contribution in [0.5, 0.6) is 5.75 Å². The molecule has 1 saturated heterocycles. The number of quaternary nitrogens is 1. The monoisotopic (exact) mass is 362 g/mol. The molecule has 1 aliphatic rings. The summed E-state index contributed by atoms with van der Waals surface area (Å²) in [6, 6.07) is 4.84. The molecule has 136 valence electrons. The van der Waals surface area contributed by atoms with E-state index in [1.54, 1.807) is 12.1 Å². The molecular formula is C16H25FNO5S+. The molecule has 0 atom stereocenters. The van der Waals surface area contributed by atoms with Gasteiger partial charge in [-0.05, 0) is 24.6 Å². The summed E-state index contributed by atoms with van der Waals surface area (Å²) in [6.45, 7) is 6.12. The van der Waals surface area contributed by atoms with Gasteiger partial charge in [0.2, 0.25) is 0 Å². The van der Waals surface area contributed by atoms with Crippen LogP contribution in [-0.4, -0.2) is 69.2 Å². The molecule has 0 saturated carbocycles. The topological polar surface area (TPSA) is 72.8 Å². The lowest BCUT2D eigenvalue weighted by Gasteiger charge is -2.41. The second-order valence-electron chi connectivity index (χ2n) is 6.27. The minimum absolute atomic E-state index is 0.227. The highest BCUT2D eigenvalue weighted by Gasteiger charge is 2.30. The first-order valence-corrected chi connectivity index (χ1v) is 9.68. The van der Waals surface area contributed by atoms with Crippen molar-refractivity contribution < 1.29 is 31.3 Å². The fourth-order valence-corrected chi connectivity index (χ4v) is 3.44. The van der Waals surface area contributed by atoms with Crippen molar-refractivity contribution in [3.05, 3.63) is 29.6 Å². The Labute approximate surface area is 142 Å². The van der Waals surface area contributed by atoms with Crippen LogP contribution in [0.4, 0.5) is 4.39 Å². The number of nitrogens with zero attached hydrogens (tertiary/aromatic N) is 1. The Kier molecular flexibility index (Phi) is 6.56. The van der Waals surface area contributed by atoms with E-state index in [9.17, 15) is 12.8 Å². The Morgan fingerprint density at radius 2 is 2.00 bits per heavy atom. The average molecular weight is 362 g/mol. The van der Waals surface area contributed by atoms with Crippen LogP contribution in [0, 0.1) is 12.7 Å². The van der Waals surface area contributed by atoms with Crippen molar-refractivity contribution in [3.8, 4) is 5.75 Å². The molecule has 0 aliphatic carbocycles. The third kappa shape index (κ3) is 6.01. The van der Waals surface area contributed by atoms with Crippen molar-refractivity contribution in [1.82, 2.24) is 0 Å². The van der Waals surface area contributed by atoms with E-state index in [4.69, 9.17) is 14.0 Å². The lowest BCUT2D eigenvalue weighted by molar-refractivity contribution is -0.935. The van der Waals surface area contributed by atoms with E-state index < -0.39 is 10.1 Å². The predicted molar refractivity (Wildman–Crippen MR) is 88.2 cm³/mol. The number of benzene rings is 1. The summed E-state index contributed by atoms with van der Waals surface area (Å²) < 4.78 is 56.1. The molecule has 0 radical (unpaired) electrons. The molecule has 1 aromatic carbocycles. The van der Waals surface area contributed by atoms with Crippen LogP contribution < -0.4 is 4.74 Å². The number of hydrogen-bond donors (Lipinski definition) is 1. The van der Waals surface area contributed by atoms with Crippen molar-refractivity contribution in [1.29, 1.82) is 0 Å². The van der Waals surface area contributed by atoms with Crippen LogP contribution >= 0.6 is 0 Å². The first-order chi connectivity index (χ1) is 11.3. The Morgan fingerprint density at radius 3 is 2.62 bits per heavy atom. The standard InChI is InChI=1S/C16H24FNO5S/c1-14-3-4-16(15(17)13-14)23-11-8-18(6-9-22-10-7-18)5-2-12-24(19,20)21/h3-4,13H,2,5-12H2,1H3/p+1. The van der Waals surface area contributed by atoms with E-state index >= 15 is 0 Å². The minimum atomic E-state index is -3.95. The van der Waals surface area contributed by atoms with Gasteiger partial charge in [0.05, 0.1) is 25.5 Å². The van der Waals surface area contributed by atoms with Gasteiger partial charge in [-0.15, -0.1) is 0 Å². The average Bonchev–Trinajstić information content (AvgIpc) is 2.49. The number of rotatable bonds is 8. The summed E-state index contributed by atoms with van der Waals surface area (Å²) in [6.07, 6.45) is 0.373. The van der Waals surface area contributed by atoms with Gasteiger partial charge in [-0.3, -0.25) is 4.55 Å². The second-order valence-corrected chi connectivity index (χ2v) is 7.84. The van der Waals surface area contributed by atoms with E-state index in [-0.39, 0.29) is 17.3 Å². The van der Waals surface area contributed by atoms with Crippen LogP contribution in [-0.2, 0) is 14.9 Å². The number of morpholine rings is 1. The molecule has 24 heavy (non-hydrogen) atoms. The molecule has 1 heterocycles. The van der Waals surface area contributed by atoms with Crippen molar-refractivity contribution in [3.63, 3.8) is 0 Å². The zero-order chi connectivity index (χ0) is 17.6. The number of hydrogen-bond acceptors (Lipinski definition) is 4. The number of halogens is 1. The summed E-state index contributed by atoms with van der Waals surface area (Å²) in [7, 11) is -3.95. The van der Waals surface area contributed by atoms with Crippen LogP contribution in [0.15, 0.2) is 18.2 Å². The maximum absolute atomic E-state index is 13.8. The molecule has 6 nitrogen and oxygen atoms in total. The predicted octanol–water partition coefficient (Wildman–Crippen LogP) is 1.64. The summed E-state index contributed by atoms with van der Waals surface area (Å²) in [4.78, 5) is 0. The molecule has 0 amide bonds. The maximum Gasteiger partial charge on any atom is 0.265 e. The zero-order valence-electron chi connectivity index (χ0n) is 13.9. The van der Waals surface area contributed by atoms with E-state index in [2.05, 4.69) is 0 Å². The van der Waals surface area contributed by atoms with Crippen LogP contribution in [0.2, 0.25) is 0 Å². The van der Waals surface area contributed by atoms with Gasteiger partial charge in [-0.25, -0.2) is 4.39 Å². The molecule has 0 aromatic heterocycles. The molecule has 1 N–H and O–H groups in total. The molecule has 0 bridgehead atoms. The van der Waals surface area contributed by atoms with Gasteiger partial charge >= 0.3 is 0 Å². The minimum Gasteiger partial charge on any atom is -0.485 e. The number of aryl methyl sites for hydroxylation is 1. The van der Waals surface area contributed by atoms with Gasteiger partial charge in [0.25, 0.3) is 10.1 Å². The van der Waals surface area contributed by atoms with Crippen LogP contribution in [0.3, 0.4) is 0 Å². The SMILES string of the molecule is Cc1ccc(OCC[N+]2(CCCS(=O)(=O)O)CCOCC2)c(F)c1. The van der Waals surface area contributed by atoms with Gasteiger partial charge in [0.1, 0.15) is 26.2 Å². The third-order valence-electron chi connectivity index (χ3n) is 4.37. The Balaban J connectivity index is 1.90. The number of ether oxygens (including phenoxy) is 2. The maximum atomic E-state index is 13.8. The summed E-state index contributed by atoms with van der Waals surface area (Å²) in [5, 5.41) is 0. The summed E-state index contributed by atoms with van der Waals surface area (Å²) >= 11 is 0. The van der Waals surface area contributed by atoms with Gasteiger partial charge < -0.3 is 14.0 Å². The van der Waals surface area contributed by atoms with E-state index in [0.717, 1.165) is 18.7 Å². The van der Waals surface area contributed by atoms with Gasteiger partial charge in [0.15, 0.2) is 11.6 Å². The van der Waals surface area contributed by atoms with Gasteiger partial charge in [-0.2, -0.15) is 8.42 Å². The quantitative estimate of drug-likeness (QED) is 0.562. The summed E-state index contributed by atoms with van der Waals surface area (Å²) in [5.74, 6) is -0.402. The van der Waals surface area contributed by atoms with Gasteiger partial charge in [-0.1, -0.05) is 6.07 Å². The van der Waals surface area contributed by atoms with Crippen LogP contribution in [0.25, 0.3) is 0 Å². The van der Waals surface area contributed by atoms with Crippen molar-refractivity contribution in [2.75, 3.05) is 51.8 Å². The Hall–Kier alpha value is -1.22. The van der Waals surface area contributed by atoms with Crippen molar-refractivity contribution >= 4 is 10.1 Å². The first-order valence-electron chi connectivity index (χ1n) is 8.07. The lowest BCUT2D eigenvalue weighted by Crippen LogP contribution is -2.57. The molecule has 0 unspecified atom stereocenters. The van der Waals surface area contributed by atoms with Crippen molar-refractivity contribution in [2.24, 2.45) is 0 Å². The zero-order valence-corrected chi connectivity index (χ0v) is 14.7. The van der Waals surface area contributed by atoms with E-state index in [0.29, 0.717) is 43.8 Å². The molecule has 0 spiro atoms. The fraction of sp³-hybridized carbons (Fsp3) is 0.625. The molecular weight excluding hydrogens is 337 g/mol. The largest absolute Gasteiger partial charge is 0.485 e. The lowest BCUT2D eigenvalue weighted by atomic mass is 10.2. The van der Waals surface area contributed by atoms with Crippen LogP contribution in [0.1, 0.15) is 12.0 Å². The smallest absolute Gasteiger partial charge is 0.265 e.